The highest BCUT2D eigenvalue weighted by molar-refractivity contribution is 5.96. The number of pyridine rings is 1. The summed E-state index contributed by atoms with van der Waals surface area (Å²) < 4.78 is 15.3. The summed E-state index contributed by atoms with van der Waals surface area (Å²) in [6.45, 7) is 1.21. The van der Waals surface area contributed by atoms with Crippen LogP contribution in [-0.2, 0) is 14.3 Å². The van der Waals surface area contributed by atoms with Gasteiger partial charge in [-0.2, -0.15) is 0 Å². The van der Waals surface area contributed by atoms with Gasteiger partial charge in [0.25, 0.3) is 5.91 Å². The number of esters is 1. The molecule has 0 aromatic carbocycles. The third-order valence-electron chi connectivity index (χ3n) is 3.28. The number of ether oxygens (including phenoxy) is 3. The molecule has 1 atom stereocenters. The average Bonchev–Trinajstić information content (AvgIpc) is 2.54. The van der Waals surface area contributed by atoms with Crippen molar-refractivity contribution in [2.24, 2.45) is 0 Å². The number of carbonyl (C=O) groups is 2. The molecule has 21 heavy (non-hydrogen) atoms. The number of amides is 1. The van der Waals surface area contributed by atoms with E-state index in [2.05, 4.69) is 9.72 Å². The lowest BCUT2D eigenvalue weighted by Gasteiger charge is -2.32. The third-order valence-corrected chi connectivity index (χ3v) is 3.28. The molecule has 0 radical (unpaired) electrons. The standard InChI is InChI=1S/C14H18N2O5/c1-19-12-8-15-4-3-11(12)14(18)16-5-6-21-10(9-16)7-13(17)20-2/h3-4,8,10H,5-7,9H2,1-2H3. The number of nitrogens with zero attached hydrogens (tertiary/aromatic N) is 2. The van der Waals surface area contributed by atoms with Gasteiger partial charge in [-0.3, -0.25) is 14.6 Å². The third kappa shape index (κ3) is 3.69. The normalized spacial score (nSPS) is 18.2. The topological polar surface area (TPSA) is 78.0 Å². The van der Waals surface area contributed by atoms with Crippen molar-refractivity contribution in [3.63, 3.8) is 0 Å². The number of carbonyl (C=O) groups excluding carboxylic acids is 2. The van der Waals surface area contributed by atoms with Crippen molar-refractivity contribution < 1.29 is 23.8 Å². The van der Waals surface area contributed by atoms with Crippen molar-refractivity contribution >= 4 is 11.9 Å². The van der Waals surface area contributed by atoms with Crippen molar-refractivity contribution in [2.45, 2.75) is 12.5 Å². The van der Waals surface area contributed by atoms with Gasteiger partial charge in [0.1, 0.15) is 5.75 Å². The fourth-order valence-corrected chi connectivity index (χ4v) is 2.19. The SMILES string of the molecule is COC(=O)CC1CN(C(=O)c2ccncc2OC)CCO1. The Labute approximate surface area is 122 Å². The molecule has 0 N–H and O–H groups in total. The van der Waals surface area contributed by atoms with Crippen LogP contribution in [0.3, 0.4) is 0 Å². The van der Waals surface area contributed by atoms with Gasteiger partial charge >= 0.3 is 5.97 Å². The van der Waals surface area contributed by atoms with E-state index < -0.39 is 0 Å². The molecule has 1 aliphatic heterocycles. The van der Waals surface area contributed by atoms with Crippen molar-refractivity contribution in [3.05, 3.63) is 24.0 Å². The van der Waals surface area contributed by atoms with Crippen LogP contribution in [-0.4, -0.2) is 61.8 Å². The maximum Gasteiger partial charge on any atom is 0.308 e. The first-order valence-corrected chi connectivity index (χ1v) is 6.61. The molecule has 1 amide bonds. The molecule has 0 saturated carbocycles. The molecule has 0 spiro atoms. The molecule has 2 rings (SSSR count). The minimum Gasteiger partial charge on any atom is -0.494 e. The number of methoxy groups -OCH3 is 2. The monoisotopic (exact) mass is 294 g/mol. The van der Waals surface area contributed by atoms with E-state index in [-0.39, 0.29) is 24.4 Å². The van der Waals surface area contributed by atoms with Crippen LogP contribution in [0, 0.1) is 0 Å². The Morgan fingerprint density at radius 3 is 3.00 bits per heavy atom. The van der Waals surface area contributed by atoms with Crippen molar-refractivity contribution in [1.82, 2.24) is 9.88 Å². The molecule has 1 saturated heterocycles. The van der Waals surface area contributed by atoms with Crippen LogP contribution in [0.15, 0.2) is 18.5 Å². The molecule has 1 fully saturated rings. The molecule has 1 aromatic rings. The molecule has 0 bridgehead atoms. The number of morpholine rings is 1. The fourth-order valence-electron chi connectivity index (χ4n) is 2.19. The van der Waals surface area contributed by atoms with Gasteiger partial charge in [0, 0.05) is 19.3 Å². The predicted octanol–water partition coefficient (Wildman–Crippen LogP) is 0.494. The summed E-state index contributed by atoms with van der Waals surface area (Å²) in [4.78, 5) is 29.4. The first kappa shape index (κ1) is 15.2. The largest absolute Gasteiger partial charge is 0.494 e. The van der Waals surface area contributed by atoms with Gasteiger partial charge in [-0.15, -0.1) is 0 Å². The second kappa shape index (κ2) is 7.03. The number of rotatable bonds is 4. The minimum absolute atomic E-state index is 0.133. The maximum atomic E-state index is 12.5. The highest BCUT2D eigenvalue weighted by Gasteiger charge is 2.28. The van der Waals surface area contributed by atoms with Crippen LogP contribution in [0.5, 0.6) is 5.75 Å². The lowest BCUT2D eigenvalue weighted by molar-refractivity contribution is -0.145. The minimum atomic E-state index is -0.351. The van der Waals surface area contributed by atoms with Crippen molar-refractivity contribution in [1.29, 1.82) is 0 Å². The summed E-state index contributed by atoms with van der Waals surface area (Å²) in [6, 6.07) is 1.62. The highest BCUT2D eigenvalue weighted by atomic mass is 16.5. The van der Waals surface area contributed by atoms with Crippen LogP contribution < -0.4 is 4.74 Å². The Morgan fingerprint density at radius 2 is 2.29 bits per heavy atom. The Balaban J connectivity index is 2.06. The Morgan fingerprint density at radius 1 is 1.48 bits per heavy atom. The molecule has 2 heterocycles. The van der Waals surface area contributed by atoms with Crippen LogP contribution in [0.25, 0.3) is 0 Å². The smallest absolute Gasteiger partial charge is 0.308 e. The number of hydrogen-bond acceptors (Lipinski definition) is 6. The molecule has 7 heteroatoms. The molecular weight excluding hydrogens is 276 g/mol. The molecule has 0 aliphatic carbocycles. The van der Waals surface area contributed by atoms with E-state index >= 15 is 0 Å². The van der Waals surface area contributed by atoms with Crippen LogP contribution in [0.4, 0.5) is 0 Å². The summed E-state index contributed by atoms with van der Waals surface area (Å²) in [6.07, 6.45) is 2.83. The zero-order valence-corrected chi connectivity index (χ0v) is 12.1. The van der Waals surface area contributed by atoms with E-state index in [0.29, 0.717) is 31.0 Å². The zero-order valence-electron chi connectivity index (χ0n) is 12.1. The Bertz CT molecular complexity index is 520. The summed E-state index contributed by atoms with van der Waals surface area (Å²) in [7, 11) is 2.82. The van der Waals surface area contributed by atoms with Crippen LogP contribution >= 0.6 is 0 Å². The number of hydrogen-bond donors (Lipinski definition) is 0. The van der Waals surface area contributed by atoms with E-state index in [1.165, 1.54) is 20.4 Å². The van der Waals surface area contributed by atoms with Crippen LogP contribution in [0.1, 0.15) is 16.8 Å². The second-order valence-electron chi connectivity index (χ2n) is 4.60. The molecule has 7 nitrogen and oxygen atoms in total. The van der Waals surface area contributed by atoms with Crippen molar-refractivity contribution in [2.75, 3.05) is 33.9 Å². The molecular formula is C14H18N2O5. The van der Waals surface area contributed by atoms with E-state index in [0.717, 1.165) is 0 Å². The van der Waals surface area contributed by atoms with E-state index in [9.17, 15) is 9.59 Å². The predicted molar refractivity (Wildman–Crippen MR) is 73.1 cm³/mol. The van der Waals surface area contributed by atoms with Gasteiger partial charge in [-0.25, -0.2) is 0 Å². The van der Waals surface area contributed by atoms with Gasteiger partial charge < -0.3 is 19.1 Å². The Kier molecular flexibility index (Phi) is 5.10. The molecule has 1 aromatic heterocycles. The lowest BCUT2D eigenvalue weighted by Crippen LogP contribution is -2.46. The average molecular weight is 294 g/mol. The van der Waals surface area contributed by atoms with Crippen LogP contribution in [0.2, 0.25) is 0 Å². The summed E-state index contributed by atoms with van der Waals surface area (Å²) in [5, 5.41) is 0. The lowest BCUT2D eigenvalue weighted by atomic mass is 10.1. The van der Waals surface area contributed by atoms with E-state index in [1.54, 1.807) is 17.2 Å². The first-order chi connectivity index (χ1) is 10.2. The van der Waals surface area contributed by atoms with Gasteiger partial charge in [0.15, 0.2) is 0 Å². The van der Waals surface area contributed by atoms with Crippen molar-refractivity contribution in [3.8, 4) is 5.75 Å². The van der Waals surface area contributed by atoms with Gasteiger partial charge in [0.2, 0.25) is 0 Å². The zero-order chi connectivity index (χ0) is 15.2. The Hall–Kier alpha value is -2.15. The molecule has 114 valence electrons. The second-order valence-corrected chi connectivity index (χ2v) is 4.60. The summed E-state index contributed by atoms with van der Waals surface area (Å²) in [5.74, 6) is -0.0817. The summed E-state index contributed by atoms with van der Waals surface area (Å²) >= 11 is 0. The van der Waals surface area contributed by atoms with Gasteiger partial charge in [-0.1, -0.05) is 0 Å². The fraction of sp³-hybridized carbons (Fsp3) is 0.500. The molecule has 1 aliphatic rings. The van der Waals surface area contributed by atoms with Gasteiger partial charge in [0.05, 0.1) is 45.1 Å². The summed E-state index contributed by atoms with van der Waals surface area (Å²) in [5.41, 5.74) is 0.450. The maximum absolute atomic E-state index is 12.5. The molecule has 1 unspecified atom stereocenters. The van der Waals surface area contributed by atoms with E-state index in [4.69, 9.17) is 9.47 Å². The quantitative estimate of drug-likeness (QED) is 0.752. The first-order valence-electron chi connectivity index (χ1n) is 6.61. The number of aromatic nitrogens is 1. The highest BCUT2D eigenvalue weighted by Crippen LogP contribution is 2.20. The van der Waals surface area contributed by atoms with Gasteiger partial charge in [-0.05, 0) is 6.07 Å². The van der Waals surface area contributed by atoms with E-state index in [1.807, 2.05) is 0 Å².